The Morgan fingerprint density at radius 2 is 1.87 bits per heavy atom. The van der Waals surface area contributed by atoms with E-state index < -0.39 is 35.6 Å². The second kappa shape index (κ2) is 11.9. The number of hydrogen-bond acceptors (Lipinski definition) is 7. The van der Waals surface area contributed by atoms with Crippen molar-refractivity contribution in [2.75, 3.05) is 49.2 Å². The molecule has 1 N–H and O–H groups in total. The summed E-state index contributed by atoms with van der Waals surface area (Å²) in [7, 11) is 0. The quantitative estimate of drug-likeness (QED) is 0.239. The standard InChI is InChI=1S/C29H41N3O6/c1-5-17-31(21-13-11-20(12-14-21)30(6-2)7-3)27(35)25-29-16-15-22(38-29)23(28(36)37-8-4)24(29)26(34)32(25)18-9-10-19-33/h5,11-14,22-25,33H,1,6-10,15-19H2,2-4H3/t22-,23+,24+,25?,29?/m1/s1. The summed E-state index contributed by atoms with van der Waals surface area (Å²) in [5, 5.41) is 9.34. The van der Waals surface area contributed by atoms with Crippen LogP contribution < -0.4 is 9.80 Å². The molecule has 1 aromatic rings. The first-order valence-corrected chi connectivity index (χ1v) is 13.9. The summed E-state index contributed by atoms with van der Waals surface area (Å²) in [5.74, 6) is -2.38. The van der Waals surface area contributed by atoms with Crippen LogP contribution in [0.2, 0.25) is 0 Å². The van der Waals surface area contributed by atoms with Crippen LogP contribution in [-0.2, 0) is 23.9 Å². The molecule has 4 rings (SSSR count). The van der Waals surface area contributed by atoms with E-state index in [4.69, 9.17) is 9.47 Å². The predicted molar refractivity (Wildman–Crippen MR) is 145 cm³/mol. The molecule has 9 heteroatoms. The van der Waals surface area contributed by atoms with Crippen LogP contribution in [0.5, 0.6) is 0 Å². The lowest BCUT2D eigenvalue weighted by Gasteiger charge is -2.37. The van der Waals surface area contributed by atoms with E-state index in [0.717, 1.165) is 18.8 Å². The Labute approximate surface area is 225 Å². The number of nitrogens with zero attached hydrogens (tertiary/aromatic N) is 3. The molecule has 0 saturated carbocycles. The topological polar surface area (TPSA) is 99.6 Å². The number of esters is 1. The van der Waals surface area contributed by atoms with Gasteiger partial charge in [-0.15, -0.1) is 6.58 Å². The maximum atomic E-state index is 14.4. The van der Waals surface area contributed by atoms with Gasteiger partial charge in [-0.05, 0) is 70.7 Å². The first-order chi connectivity index (χ1) is 18.4. The van der Waals surface area contributed by atoms with Crippen LogP contribution in [0, 0.1) is 11.8 Å². The number of amides is 2. The van der Waals surface area contributed by atoms with Crippen molar-refractivity contribution < 1.29 is 29.0 Å². The molecule has 3 heterocycles. The highest BCUT2D eigenvalue weighted by molar-refractivity contribution is 6.04. The van der Waals surface area contributed by atoms with Crippen molar-refractivity contribution in [3.05, 3.63) is 36.9 Å². The number of unbranched alkanes of at least 4 members (excludes halogenated alkanes) is 1. The van der Waals surface area contributed by atoms with Crippen LogP contribution in [0.25, 0.3) is 0 Å². The predicted octanol–water partition coefficient (Wildman–Crippen LogP) is 2.76. The number of ether oxygens (including phenoxy) is 2. The molecule has 2 bridgehead atoms. The Bertz CT molecular complexity index is 1030. The van der Waals surface area contributed by atoms with Gasteiger partial charge in [-0.1, -0.05) is 6.08 Å². The van der Waals surface area contributed by atoms with Gasteiger partial charge in [-0.3, -0.25) is 14.4 Å². The fourth-order valence-corrected chi connectivity index (χ4v) is 6.60. The van der Waals surface area contributed by atoms with Gasteiger partial charge in [0.1, 0.15) is 11.6 Å². The van der Waals surface area contributed by atoms with Crippen molar-refractivity contribution in [1.82, 2.24) is 4.90 Å². The number of benzene rings is 1. The third-order valence-electron chi connectivity index (χ3n) is 8.27. The van der Waals surface area contributed by atoms with Gasteiger partial charge in [0.05, 0.1) is 24.5 Å². The van der Waals surface area contributed by atoms with Crippen molar-refractivity contribution in [1.29, 1.82) is 0 Å². The molecule has 208 valence electrons. The number of carbonyl (C=O) groups excluding carboxylic acids is 3. The third-order valence-corrected chi connectivity index (χ3v) is 8.27. The van der Waals surface area contributed by atoms with E-state index >= 15 is 0 Å². The van der Waals surface area contributed by atoms with E-state index in [9.17, 15) is 19.5 Å². The maximum absolute atomic E-state index is 14.4. The molecular formula is C29H41N3O6. The second-order valence-corrected chi connectivity index (χ2v) is 10.2. The highest BCUT2D eigenvalue weighted by Gasteiger charge is 2.75. The van der Waals surface area contributed by atoms with E-state index in [2.05, 4.69) is 25.3 Å². The average molecular weight is 528 g/mol. The van der Waals surface area contributed by atoms with Crippen molar-refractivity contribution in [2.24, 2.45) is 11.8 Å². The van der Waals surface area contributed by atoms with Gasteiger partial charge in [0.25, 0.3) is 5.91 Å². The number of hydrogen-bond donors (Lipinski definition) is 1. The van der Waals surface area contributed by atoms with Crippen LogP contribution in [0.3, 0.4) is 0 Å². The fourth-order valence-electron chi connectivity index (χ4n) is 6.60. The molecule has 0 aromatic heterocycles. The van der Waals surface area contributed by atoms with Gasteiger partial charge in [0, 0.05) is 44.2 Å². The Morgan fingerprint density at radius 1 is 1.18 bits per heavy atom. The average Bonchev–Trinajstić information content (AvgIpc) is 3.56. The molecule has 0 aliphatic carbocycles. The van der Waals surface area contributed by atoms with E-state index in [-0.39, 0.29) is 31.6 Å². The summed E-state index contributed by atoms with van der Waals surface area (Å²) < 4.78 is 11.8. The van der Waals surface area contributed by atoms with Crippen molar-refractivity contribution in [3.63, 3.8) is 0 Å². The summed E-state index contributed by atoms with van der Waals surface area (Å²) in [6, 6.07) is 6.97. The summed E-state index contributed by atoms with van der Waals surface area (Å²) in [6.07, 6.45) is 3.42. The first-order valence-electron chi connectivity index (χ1n) is 13.9. The lowest BCUT2D eigenvalue weighted by molar-refractivity contribution is -0.154. The first kappa shape index (κ1) is 28.1. The maximum Gasteiger partial charge on any atom is 0.312 e. The smallest absolute Gasteiger partial charge is 0.312 e. The van der Waals surface area contributed by atoms with Gasteiger partial charge in [0.2, 0.25) is 5.91 Å². The molecule has 1 aromatic carbocycles. The van der Waals surface area contributed by atoms with Gasteiger partial charge in [0.15, 0.2) is 0 Å². The third kappa shape index (κ3) is 4.71. The molecule has 1 spiro atoms. The second-order valence-electron chi connectivity index (χ2n) is 10.2. The lowest BCUT2D eigenvalue weighted by Crippen LogP contribution is -2.56. The summed E-state index contributed by atoms with van der Waals surface area (Å²) >= 11 is 0. The number of carbonyl (C=O) groups is 3. The summed E-state index contributed by atoms with van der Waals surface area (Å²) in [5.41, 5.74) is 0.707. The zero-order valence-corrected chi connectivity index (χ0v) is 22.8. The molecule has 0 radical (unpaired) electrons. The summed E-state index contributed by atoms with van der Waals surface area (Å²) in [4.78, 5) is 46.7. The Hall–Kier alpha value is -2.91. The number of likely N-dealkylation sites (tertiary alicyclic amines) is 1. The Morgan fingerprint density at radius 3 is 2.47 bits per heavy atom. The number of anilines is 2. The minimum atomic E-state index is -1.07. The molecule has 2 unspecified atom stereocenters. The molecular weight excluding hydrogens is 486 g/mol. The van der Waals surface area contributed by atoms with Crippen molar-refractivity contribution >= 4 is 29.2 Å². The Balaban J connectivity index is 1.71. The van der Waals surface area contributed by atoms with Gasteiger partial charge in [-0.2, -0.15) is 0 Å². The molecule has 3 fully saturated rings. The zero-order valence-electron chi connectivity index (χ0n) is 22.8. The van der Waals surface area contributed by atoms with Crippen LogP contribution in [0.4, 0.5) is 11.4 Å². The number of aliphatic hydroxyl groups is 1. The SMILES string of the molecule is C=CCN(C(=O)C1N(CCCCO)C(=O)[C@@H]2[C@@H](C(=O)OCC)[C@H]3CCC12O3)c1ccc(N(CC)CC)cc1. The van der Waals surface area contributed by atoms with Gasteiger partial charge >= 0.3 is 5.97 Å². The molecule has 3 saturated heterocycles. The molecule has 5 atom stereocenters. The number of fused-ring (bicyclic) bond motifs is 1. The minimum absolute atomic E-state index is 0.000710. The molecule has 3 aliphatic rings. The van der Waals surface area contributed by atoms with E-state index in [1.165, 1.54) is 0 Å². The normalized spacial score (nSPS) is 27.4. The van der Waals surface area contributed by atoms with Crippen molar-refractivity contribution in [3.8, 4) is 0 Å². The highest BCUT2D eigenvalue weighted by atomic mass is 16.6. The molecule has 2 amide bonds. The van der Waals surface area contributed by atoms with Gasteiger partial charge < -0.3 is 29.3 Å². The van der Waals surface area contributed by atoms with E-state index in [1.807, 2.05) is 24.3 Å². The fraction of sp³-hybridized carbons (Fsp3) is 0.621. The molecule has 9 nitrogen and oxygen atoms in total. The van der Waals surface area contributed by atoms with Crippen molar-refractivity contribution in [2.45, 2.75) is 64.2 Å². The van der Waals surface area contributed by atoms with Gasteiger partial charge in [-0.25, -0.2) is 0 Å². The minimum Gasteiger partial charge on any atom is -0.466 e. The van der Waals surface area contributed by atoms with Crippen LogP contribution in [0.15, 0.2) is 36.9 Å². The zero-order chi connectivity index (χ0) is 27.4. The van der Waals surface area contributed by atoms with Crippen LogP contribution in [0.1, 0.15) is 46.5 Å². The monoisotopic (exact) mass is 527 g/mol. The van der Waals surface area contributed by atoms with Crippen LogP contribution >= 0.6 is 0 Å². The highest BCUT2D eigenvalue weighted by Crippen LogP contribution is 2.59. The number of rotatable bonds is 13. The Kier molecular flexibility index (Phi) is 8.78. The largest absolute Gasteiger partial charge is 0.466 e. The lowest BCUT2D eigenvalue weighted by atomic mass is 9.70. The van der Waals surface area contributed by atoms with E-state index in [1.54, 1.807) is 22.8 Å². The van der Waals surface area contributed by atoms with Crippen LogP contribution in [-0.4, -0.2) is 84.9 Å². The number of aliphatic hydroxyl groups excluding tert-OH is 1. The molecule has 3 aliphatic heterocycles. The van der Waals surface area contributed by atoms with E-state index in [0.29, 0.717) is 37.9 Å². The molecule has 38 heavy (non-hydrogen) atoms. The summed E-state index contributed by atoms with van der Waals surface area (Å²) in [6.45, 7) is 12.4.